The van der Waals surface area contributed by atoms with E-state index in [1.807, 2.05) is 18.2 Å². The van der Waals surface area contributed by atoms with Crippen molar-refractivity contribution in [3.8, 4) is 0 Å². The molecule has 1 aromatic rings. The first-order valence-corrected chi connectivity index (χ1v) is 5.22. The van der Waals surface area contributed by atoms with Crippen molar-refractivity contribution in [1.82, 2.24) is 4.90 Å². The van der Waals surface area contributed by atoms with Crippen molar-refractivity contribution < 1.29 is 9.90 Å². The van der Waals surface area contributed by atoms with Gasteiger partial charge in [0, 0.05) is 13.7 Å². The minimum absolute atomic E-state index is 0.333. The van der Waals surface area contributed by atoms with Gasteiger partial charge in [0.2, 0.25) is 6.41 Å². The number of aliphatic hydroxyl groups is 1. The van der Waals surface area contributed by atoms with E-state index in [4.69, 9.17) is 10.8 Å². The van der Waals surface area contributed by atoms with Crippen LogP contribution in [-0.4, -0.2) is 42.6 Å². The zero-order valence-corrected chi connectivity index (χ0v) is 10.2. The second-order valence-electron chi connectivity index (χ2n) is 3.19. The number of aryl methyl sites for hydroxylation is 1. The van der Waals surface area contributed by atoms with Crippen LogP contribution in [0.5, 0.6) is 0 Å². The molecule has 0 unspecified atom stereocenters. The molecule has 1 aliphatic heterocycles. The van der Waals surface area contributed by atoms with Gasteiger partial charge in [-0.1, -0.05) is 35.9 Å². The maximum atomic E-state index is 9.98. The van der Waals surface area contributed by atoms with E-state index in [9.17, 15) is 4.79 Å². The van der Waals surface area contributed by atoms with Gasteiger partial charge in [-0.25, -0.2) is 0 Å². The van der Waals surface area contributed by atoms with Gasteiger partial charge >= 0.3 is 0 Å². The molecule has 0 aliphatic carbocycles. The number of guanidine groups is 1. The summed E-state index contributed by atoms with van der Waals surface area (Å²) in [5, 5.41) is 7.00. The topological polar surface area (TPSA) is 78.9 Å². The molecule has 94 valence electrons. The standard InChI is InChI=1S/C7H8.C4H7N3O.CH4O/c1-7-5-3-2-4-6-7;5-4-6-1-2-7(4)3-8;1-2/h2-6H,1H3;3H,1-2H2,(H2,5,6);2H,1H3. The van der Waals surface area contributed by atoms with Gasteiger partial charge in [0.1, 0.15) is 0 Å². The molecule has 1 aliphatic rings. The van der Waals surface area contributed by atoms with E-state index < -0.39 is 0 Å². The molecule has 5 nitrogen and oxygen atoms in total. The molecular weight excluding hydrogens is 218 g/mol. The van der Waals surface area contributed by atoms with Crippen molar-refractivity contribution in [3.05, 3.63) is 35.9 Å². The highest BCUT2D eigenvalue weighted by molar-refractivity contribution is 5.88. The summed E-state index contributed by atoms with van der Waals surface area (Å²) in [6.07, 6.45) is 0.686. The summed E-state index contributed by atoms with van der Waals surface area (Å²) >= 11 is 0. The van der Waals surface area contributed by atoms with E-state index in [-0.39, 0.29) is 0 Å². The van der Waals surface area contributed by atoms with Crippen LogP contribution < -0.4 is 5.73 Å². The van der Waals surface area contributed by atoms with E-state index in [2.05, 4.69) is 24.0 Å². The monoisotopic (exact) mass is 237 g/mol. The smallest absolute Gasteiger partial charge is 0.216 e. The molecule has 0 bridgehead atoms. The normalized spacial score (nSPS) is 12.6. The van der Waals surface area contributed by atoms with Gasteiger partial charge in [0.15, 0.2) is 5.96 Å². The minimum Gasteiger partial charge on any atom is -0.400 e. The van der Waals surface area contributed by atoms with Crippen LogP contribution in [0.15, 0.2) is 35.3 Å². The number of hydrogen-bond acceptors (Lipinski definition) is 4. The minimum atomic E-state index is 0.333. The average Bonchev–Trinajstić information content (AvgIpc) is 2.79. The number of carbonyl (C=O) groups is 1. The molecule has 0 spiro atoms. The molecular formula is C12H19N3O2. The molecule has 0 saturated carbocycles. The van der Waals surface area contributed by atoms with E-state index >= 15 is 0 Å². The van der Waals surface area contributed by atoms with Crippen molar-refractivity contribution >= 4 is 12.4 Å². The SMILES string of the molecule is CO.Cc1ccccc1.NC1=NCCN1C=O. The van der Waals surface area contributed by atoms with E-state index in [1.54, 1.807) is 0 Å². The Kier molecular flexibility index (Phi) is 8.32. The molecule has 0 fully saturated rings. The highest BCUT2D eigenvalue weighted by Crippen LogP contribution is 1.92. The predicted molar refractivity (Wildman–Crippen MR) is 68.6 cm³/mol. The summed E-state index contributed by atoms with van der Waals surface area (Å²) in [5.41, 5.74) is 6.56. The fourth-order valence-electron chi connectivity index (χ4n) is 1.12. The lowest BCUT2D eigenvalue weighted by atomic mass is 10.2. The first-order chi connectivity index (χ1) is 8.24. The van der Waals surface area contributed by atoms with Crippen molar-refractivity contribution in [2.75, 3.05) is 20.2 Å². The van der Waals surface area contributed by atoms with Crippen molar-refractivity contribution in [3.63, 3.8) is 0 Å². The highest BCUT2D eigenvalue weighted by atomic mass is 16.2. The third kappa shape index (κ3) is 6.32. The molecule has 5 heteroatoms. The summed E-state index contributed by atoms with van der Waals surface area (Å²) < 4.78 is 0. The Morgan fingerprint density at radius 3 is 2.18 bits per heavy atom. The quantitative estimate of drug-likeness (QED) is 0.693. The first kappa shape index (κ1) is 15.1. The van der Waals surface area contributed by atoms with Crippen LogP contribution in [0.3, 0.4) is 0 Å². The third-order valence-corrected chi connectivity index (χ3v) is 1.98. The largest absolute Gasteiger partial charge is 0.400 e. The second-order valence-corrected chi connectivity index (χ2v) is 3.19. The van der Waals surface area contributed by atoms with E-state index in [0.29, 0.717) is 25.5 Å². The third-order valence-electron chi connectivity index (χ3n) is 1.98. The molecule has 0 saturated heterocycles. The molecule has 0 atom stereocenters. The van der Waals surface area contributed by atoms with Crippen LogP contribution in [0.1, 0.15) is 5.56 Å². The summed E-state index contributed by atoms with van der Waals surface area (Å²) in [5.74, 6) is 0.333. The Balaban J connectivity index is 0.000000265. The van der Waals surface area contributed by atoms with Crippen LogP contribution in [0, 0.1) is 6.92 Å². The molecule has 0 radical (unpaired) electrons. The maximum absolute atomic E-state index is 9.98. The van der Waals surface area contributed by atoms with E-state index in [0.717, 1.165) is 7.11 Å². The van der Waals surface area contributed by atoms with Gasteiger partial charge < -0.3 is 10.8 Å². The summed E-state index contributed by atoms with van der Waals surface area (Å²) in [7, 11) is 1.00. The number of aliphatic hydroxyl groups excluding tert-OH is 1. The molecule has 3 N–H and O–H groups in total. The van der Waals surface area contributed by atoms with Gasteiger partial charge in [-0.3, -0.25) is 14.7 Å². The van der Waals surface area contributed by atoms with Gasteiger partial charge in [0.25, 0.3) is 0 Å². The molecule has 1 aromatic carbocycles. The number of amides is 1. The number of nitrogens with zero attached hydrogens (tertiary/aromatic N) is 2. The average molecular weight is 237 g/mol. The lowest BCUT2D eigenvalue weighted by molar-refractivity contribution is -0.114. The zero-order valence-electron chi connectivity index (χ0n) is 10.2. The van der Waals surface area contributed by atoms with Crippen LogP contribution in [0.2, 0.25) is 0 Å². The maximum Gasteiger partial charge on any atom is 0.216 e. The number of rotatable bonds is 1. The highest BCUT2D eigenvalue weighted by Gasteiger charge is 2.10. The first-order valence-electron chi connectivity index (χ1n) is 5.22. The predicted octanol–water partition coefficient (Wildman–Crippen LogP) is 0.377. The summed E-state index contributed by atoms with van der Waals surface area (Å²) in [6.45, 7) is 3.36. The Hall–Kier alpha value is -1.88. The summed E-state index contributed by atoms with van der Waals surface area (Å²) in [6, 6.07) is 10.3. The van der Waals surface area contributed by atoms with Gasteiger partial charge in [0.05, 0.1) is 6.54 Å². The fraction of sp³-hybridized carbons (Fsp3) is 0.333. The lowest BCUT2D eigenvalue weighted by Crippen LogP contribution is -2.32. The van der Waals surface area contributed by atoms with Crippen LogP contribution in [0.25, 0.3) is 0 Å². The van der Waals surface area contributed by atoms with E-state index in [1.165, 1.54) is 10.5 Å². The Morgan fingerprint density at radius 1 is 1.35 bits per heavy atom. The molecule has 0 aromatic heterocycles. The Morgan fingerprint density at radius 2 is 1.94 bits per heavy atom. The van der Waals surface area contributed by atoms with Gasteiger partial charge in [-0.15, -0.1) is 0 Å². The zero-order chi connectivity index (χ0) is 13.1. The number of nitrogens with two attached hydrogens (primary N) is 1. The van der Waals surface area contributed by atoms with Crippen LogP contribution >= 0.6 is 0 Å². The number of carbonyl (C=O) groups excluding carboxylic acids is 1. The molecule has 17 heavy (non-hydrogen) atoms. The summed E-state index contributed by atoms with van der Waals surface area (Å²) in [4.78, 5) is 15.1. The Labute approximate surface area is 102 Å². The lowest BCUT2D eigenvalue weighted by Gasteiger charge is -2.04. The van der Waals surface area contributed by atoms with Crippen LogP contribution in [0.4, 0.5) is 0 Å². The second kappa shape index (κ2) is 9.35. The number of aliphatic imine (C=N–C) groups is 1. The van der Waals surface area contributed by atoms with Crippen LogP contribution in [-0.2, 0) is 4.79 Å². The fourth-order valence-corrected chi connectivity index (χ4v) is 1.12. The molecule has 2 rings (SSSR count). The van der Waals surface area contributed by atoms with Crippen molar-refractivity contribution in [2.24, 2.45) is 10.7 Å². The van der Waals surface area contributed by atoms with Gasteiger partial charge in [-0.2, -0.15) is 0 Å². The number of benzene rings is 1. The molecule has 1 heterocycles. The van der Waals surface area contributed by atoms with Crippen molar-refractivity contribution in [1.29, 1.82) is 0 Å². The molecule has 1 amide bonds. The Bertz CT molecular complexity index is 339. The van der Waals surface area contributed by atoms with Gasteiger partial charge in [-0.05, 0) is 6.92 Å². The van der Waals surface area contributed by atoms with Crippen molar-refractivity contribution in [2.45, 2.75) is 6.92 Å². The number of hydrogen-bond donors (Lipinski definition) is 2.